The Kier molecular flexibility index (Phi) is 7.03. The Morgan fingerprint density at radius 1 is 0.857 bits per heavy atom. The number of pyridine rings is 1. The summed E-state index contributed by atoms with van der Waals surface area (Å²) in [6, 6.07) is 25.5. The number of halogens is 1. The molecule has 0 aliphatic heterocycles. The van der Waals surface area contributed by atoms with E-state index in [-0.39, 0.29) is 21.8 Å². The van der Waals surface area contributed by atoms with Crippen molar-refractivity contribution in [2.75, 3.05) is 16.4 Å². The molecule has 0 unspecified atom stereocenters. The van der Waals surface area contributed by atoms with Gasteiger partial charge in [0.1, 0.15) is 5.82 Å². The van der Waals surface area contributed by atoms with Crippen molar-refractivity contribution in [2.45, 2.75) is 4.90 Å². The molecule has 0 radical (unpaired) electrons. The van der Waals surface area contributed by atoms with Crippen LogP contribution in [0.4, 0.5) is 23.1 Å². The normalized spacial score (nSPS) is 11.4. The lowest BCUT2D eigenvalue weighted by Crippen LogP contribution is -2.12. The van der Waals surface area contributed by atoms with E-state index in [0.29, 0.717) is 44.9 Å². The number of nitrogen functional groups attached to an aromatic ring is 1. The average molecular weight is 596 g/mol. The molecular weight excluding hydrogens is 574 g/mol. The first kappa shape index (κ1) is 26.9. The van der Waals surface area contributed by atoms with Crippen LogP contribution in [0.15, 0.2) is 114 Å². The Bertz CT molecular complexity index is 2050. The average Bonchev–Trinajstić information content (AvgIpc) is 3.39. The van der Waals surface area contributed by atoms with Crippen molar-refractivity contribution in [2.24, 2.45) is 0 Å². The zero-order valence-corrected chi connectivity index (χ0v) is 23.3. The standard InChI is InChI=1S/C30H22ClN7O3S/c31-25-17-34-30(36-21-8-6-7-20(15-21)35-29(39)19-13-14-27(32)33-16-19)37-28(25)24-18-38(26-12-5-4-11-23(24)26)42(40,41)22-9-2-1-3-10-22/h1-18H,(H2,32,33)(H,35,39)(H,34,36,37). The van der Waals surface area contributed by atoms with Crippen LogP contribution in [0.2, 0.25) is 5.02 Å². The molecule has 3 heterocycles. The maximum absolute atomic E-state index is 13.5. The minimum Gasteiger partial charge on any atom is -0.384 e. The van der Waals surface area contributed by atoms with Crippen LogP contribution in [0.25, 0.3) is 22.2 Å². The predicted molar refractivity (Wildman–Crippen MR) is 163 cm³/mol. The summed E-state index contributed by atoms with van der Waals surface area (Å²) < 4.78 is 28.3. The van der Waals surface area contributed by atoms with E-state index in [1.54, 1.807) is 78.9 Å². The van der Waals surface area contributed by atoms with Crippen molar-refractivity contribution in [1.82, 2.24) is 18.9 Å². The largest absolute Gasteiger partial charge is 0.384 e. The quantitative estimate of drug-likeness (QED) is 0.205. The lowest BCUT2D eigenvalue weighted by Gasteiger charge is -2.10. The first-order valence-corrected chi connectivity index (χ1v) is 14.4. The van der Waals surface area contributed by atoms with Gasteiger partial charge in [-0.05, 0) is 48.5 Å². The predicted octanol–water partition coefficient (Wildman–Crippen LogP) is 5.96. The van der Waals surface area contributed by atoms with Gasteiger partial charge in [0, 0.05) is 34.7 Å². The molecule has 0 saturated carbocycles. The molecule has 0 spiro atoms. The summed E-state index contributed by atoms with van der Waals surface area (Å²) in [7, 11) is -3.89. The second kappa shape index (κ2) is 11.0. The SMILES string of the molecule is Nc1ccc(C(=O)Nc2cccc(Nc3ncc(Cl)c(-c4cn(S(=O)(=O)c5ccccc5)c5ccccc45)n3)c2)cn1. The molecule has 3 aromatic heterocycles. The molecule has 3 aromatic carbocycles. The van der Waals surface area contributed by atoms with E-state index in [1.807, 2.05) is 12.1 Å². The Balaban J connectivity index is 1.32. The van der Waals surface area contributed by atoms with E-state index < -0.39 is 10.0 Å². The fourth-order valence-electron chi connectivity index (χ4n) is 4.41. The van der Waals surface area contributed by atoms with E-state index in [2.05, 4.69) is 25.6 Å². The number of para-hydroxylation sites is 1. The zero-order valence-electron chi connectivity index (χ0n) is 21.8. The molecule has 12 heteroatoms. The maximum Gasteiger partial charge on any atom is 0.268 e. The van der Waals surface area contributed by atoms with Gasteiger partial charge in [0.15, 0.2) is 0 Å². The van der Waals surface area contributed by atoms with E-state index in [4.69, 9.17) is 17.3 Å². The van der Waals surface area contributed by atoms with Gasteiger partial charge < -0.3 is 16.4 Å². The fraction of sp³-hybridized carbons (Fsp3) is 0. The Morgan fingerprint density at radius 3 is 2.40 bits per heavy atom. The molecule has 4 N–H and O–H groups in total. The number of nitrogens with one attached hydrogen (secondary N) is 2. The molecule has 0 saturated heterocycles. The van der Waals surface area contributed by atoms with Crippen molar-refractivity contribution >= 4 is 61.6 Å². The number of aromatic nitrogens is 4. The highest BCUT2D eigenvalue weighted by Crippen LogP contribution is 2.36. The summed E-state index contributed by atoms with van der Waals surface area (Å²) in [5, 5.41) is 6.85. The number of nitrogens with two attached hydrogens (primary N) is 1. The van der Waals surface area contributed by atoms with Crippen molar-refractivity contribution in [1.29, 1.82) is 0 Å². The van der Waals surface area contributed by atoms with Gasteiger partial charge in [-0.3, -0.25) is 4.79 Å². The molecule has 10 nitrogen and oxygen atoms in total. The van der Waals surface area contributed by atoms with Crippen molar-refractivity contribution in [3.8, 4) is 11.3 Å². The molecule has 1 amide bonds. The molecule has 0 aliphatic rings. The van der Waals surface area contributed by atoms with Crippen molar-refractivity contribution in [3.05, 3.63) is 120 Å². The fourth-order valence-corrected chi connectivity index (χ4v) is 5.99. The van der Waals surface area contributed by atoms with Gasteiger partial charge in [0.2, 0.25) is 5.95 Å². The van der Waals surface area contributed by atoms with Gasteiger partial charge in [0.05, 0.1) is 32.9 Å². The molecule has 0 fully saturated rings. The van der Waals surface area contributed by atoms with Crippen LogP contribution in [0, 0.1) is 0 Å². The molecular formula is C30H22ClN7O3S. The number of hydrogen-bond acceptors (Lipinski definition) is 8. The lowest BCUT2D eigenvalue weighted by atomic mass is 10.1. The van der Waals surface area contributed by atoms with Crippen LogP contribution in [0.1, 0.15) is 10.4 Å². The summed E-state index contributed by atoms with van der Waals surface area (Å²) in [6.45, 7) is 0. The third kappa shape index (κ3) is 5.26. The van der Waals surface area contributed by atoms with Crippen LogP contribution in [0.5, 0.6) is 0 Å². The minimum absolute atomic E-state index is 0.160. The molecule has 6 aromatic rings. The summed E-state index contributed by atoms with van der Waals surface area (Å²) in [5.74, 6) is 0.206. The molecule has 0 aliphatic carbocycles. The number of nitrogens with zero attached hydrogens (tertiary/aromatic N) is 4. The van der Waals surface area contributed by atoms with Crippen molar-refractivity contribution in [3.63, 3.8) is 0 Å². The van der Waals surface area contributed by atoms with Crippen LogP contribution >= 0.6 is 11.6 Å². The topological polar surface area (TPSA) is 145 Å². The summed E-state index contributed by atoms with van der Waals surface area (Å²) in [6.07, 6.45) is 4.37. The van der Waals surface area contributed by atoms with Gasteiger partial charge in [-0.2, -0.15) is 0 Å². The number of carbonyl (C=O) groups is 1. The lowest BCUT2D eigenvalue weighted by molar-refractivity contribution is 0.102. The number of fused-ring (bicyclic) bond motifs is 1. The third-order valence-electron chi connectivity index (χ3n) is 6.40. The monoisotopic (exact) mass is 595 g/mol. The number of anilines is 4. The number of hydrogen-bond donors (Lipinski definition) is 3. The Hall–Kier alpha value is -5.26. The van der Waals surface area contributed by atoms with Gasteiger partial charge in [-0.1, -0.05) is 54.1 Å². The van der Waals surface area contributed by atoms with Gasteiger partial charge in [-0.15, -0.1) is 0 Å². The van der Waals surface area contributed by atoms with Crippen LogP contribution in [-0.4, -0.2) is 33.2 Å². The van der Waals surface area contributed by atoms with Crippen LogP contribution < -0.4 is 16.4 Å². The van der Waals surface area contributed by atoms with E-state index in [9.17, 15) is 13.2 Å². The first-order chi connectivity index (χ1) is 20.3. The first-order valence-electron chi connectivity index (χ1n) is 12.6. The van der Waals surface area contributed by atoms with Gasteiger partial charge >= 0.3 is 0 Å². The molecule has 42 heavy (non-hydrogen) atoms. The van der Waals surface area contributed by atoms with Crippen LogP contribution in [0.3, 0.4) is 0 Å². The number of benzene rings is 3. The summed E-state index contributed by atoms with van der Waals surface area (Å²) in [4.78, 5) is 25.7. The second-order valence-corrected chi connectivity index (χ2v) is 11.4. The van der Waals surface area contributed by atoms with E-state index in [1.165, 1.54) is 22.6 Å². The summed E-state index contributed by atoms with van der Waals surface area (Å²) in [5.41, 5.74) is 8.47. The second-order valence-electron chi connectivity index (χ2n) is 9.20. The Morgan fingerprint density at radius 2 is 1.62 bits per heavy atom. The molecule has 208 valence electrons. The highest BCUT2D eigenvalue weighted by atomic mass is 35.5. The minimum atomic E-state index is -3.89. The van der Waals surface area contributed by atoms with Gasteiger partial charge in [0.25, 0.3) is 15.9 Å². The van der Waals surface area contributed by atoms with E-state index in [0.717, 1.165) is 0 Å². The highest BCUT2D eigenvalue weighted by molar-refractivity contribution is 7.90. The maximum atomic E-state index is 13.5. The molecule has 6 rings (SSSR count). The highest BCUT2D eigenvalue weighted by Gasteiger charge is 2.23. The van der Waals surface area contributed by atoms with E-state index >= 15 is 0 Å². The van der Waals surface area contributed by atoms with Crippen molar-refractivity contribution < 1.29 is 13.2 Å². The number of rotatable bonds is 7. The summed E-state index contributed by atoms with van der Waals surface area (Å²) >= 11 is 6.55. The molecule has 0 bridgehead atoms. The third-order valence-corrected chi connectivity index (χ3v) is 8.37. The zero-order chi connectivity index (χ0) is 29.3. The Labute approximate surface area is 245 Å². The van der Waals surface area contributed by atoms with Crippen LogP contribution in [-0.2, 0) is 10.0 Å². The molecule has 0 atom stereocenters. The number of carbonyl (C=O) groups excluding carboxylic acids is 1. The van der Waals surface area contributed by atoms with Gasteiger partial charge in [-0.25, -0.2) is 27.3 Å². The number of amides is 1. The smallest absolute Gasteiger partial charge is 0.268 e.